The van der Waals surface area contributed by atoms with Crippen LogP contribution in [-0.4, -0.2) is 110 Å². The minimum Gasteiger partial charge on any atom is -0.490 e. The third-order valence-electron chi connectivity index (χ3n) is 22.6. The summed E-state index contributed by atoms with van der Waals surface area (Å²) in [6.45, 7) is 14.4. The van der Waals surface area contributed by atoms with E-state index in [4.69, 9.17) is 19.9 Å². The number of nitrogen functional groups attached to an aromatic ring is 1. The van der Waals surface area contributed by atoms with E-state index < -0.39 is 67.9 Å². The molecule has 30 heteroatoms. The van der Waals surface area contributed by atoms with Gasteiger partial charge in [0.05, 0.1) is 64.8 Å². The second-order valence-electron chi connectivity index (χ2n) is 33.8. The second kappa shape index (κ2) is 48.2. The number of aromatic nitrogens is 1. The summed E-state index contributed by atoms with van der Waals surface area (Å²) in [5, 5.41) is 43.5. The first-order valence-corrected chi connectivity index (χ1v) is 47.2. The number of thioether (sulfide) groups is 1. The van der Waals surface area contributed by atoms with Gasteiger partial charge in [0.2, 0.25) is 5.91 Å². The van der Waals surface area contributed by atoms with E-state index in [-0.39, 0.29) is 66.9 Å². The highest BCUT2D eigenvalue weighted by Gasteiger charge is 2.47. The number of hydrogen-bond acceptors (Lipinski definition) is 20. The maximum absolute atomic E-state index is 13.5. The first-order chi connectivity index (χ1) is 63.0. The molecular weight excluding hydrogens is 1760 g/mol. The molecule has 1 amide bonds. The van der Waals surface area contributed by atoms with Crippen LogP contribution < -0.4 is 25.4 Å². The number of nitrogens with two attached hydrogens (primary N) is 1. The van der Waals surface area contributed by atoms with E-state index >= 15 is 0 Å². The van der Waals surface area contributed by atoms with Crippen LogP contribution in [0.4, 0.5) is 53.7 Å². The molecule has 10 aromatic rings. The molecule has 132 heavy (non-hydrogen) atoms. The van der Waals surface area contributed by atoms with Gasteiger partial charge in [0.25, 0.3) is 5.69 Å². The number of sulfone groups is 1. The Morgan fingerprint density at radius 1 is 0.667 bits per heavy atom. The fourth-order valence-corrected chi connectivity index (χ4v) is 19.1. The highest BCUT2D eigenvalue weighted by molar-refractivity contribution is 7.99. The third kappa shape index (κ3) is 30.9. The Balaban J connectivity index is 0.000000171. The Kier molecular flexibility index (Phi) is 37.2. The first-order valence-electron chi connectivity index (χ1n) is 43.6. The lowest BCUT2D eigenvalue weighted by Crippen LogP contribution is -2.50. The van der Waals surface area contributed by atoms with Gasteiger partial charge in [0, 0.05) is 77.4 Å². The maximum Gasteiger partial charge on any atom is 0.416 e. The van der Waals surface area contributed by atoms with Gasteiger partial charge < -0.3 is 34.9 Å². The van der Waals surface area contributed by atoms with Crippen molar-refractivity contribution in [3.05, 3.63) is 295 Å². The van der Waals surface area contributed by atoms with E-state index in [2.05, 4.69) is 77.4 Å². The molecule has 0 spiro atoms. The van der Waals surface area contributed by atoms with Gasteiger partial charge in [-0.1, -0.05) is 139 Å². The summed E-state index contributed by atoms with van der Waals surface area (Å²) in [5.41, 5.74) is 15.4. The number of nitro groups is 1. The van der Waals surface area contributed by atoms with Crippen LogP contribution in [0.2, 0.25) is 0 Å². The Morgan fingerprint density at radius 3 is 1.94 bits per heavy atom. The SMILES string of the molecule is COC(=O)c1ccc(CN2CC(CC(=O)OC(C)(C)C)CCC2C(F)(F)F)cc1.Cc1ccc(CC(C#N)c2c(C#N)c(N)nc(N3CCCCC3)c2C#N)cc1.Cc1ccc(Sc2ccc(S(=O)(=O)CC3CCCC3)cc2)cc1C.O=C(CSCc1cccc(F)c1)Nc1ccc(-c2ccccc2)cc1.O=[N+]([O-])c1cc(C(F)(F)F)ccc1CCc1ccc2c(c1)OCCCO2. The first kappa shape index (κ1) is 102. The predicted molar refractivity (Wildman–Crippen MR) is 500 cm³/mol. The molecule has 20 nitrogen and oxygen atoms in total. The molecule has 9 aromatic carbocycles. The Morgan fingerprint density at radius 2 is 1.32 bits per heavy atom. The van der Waals surface area contributed by atoms with Gasteiger partial charge >= 0.3 is 24.3 Å². The van der Waals surface area contributed by atoms with Gasteiger partial charge in [0.1, 0.15) is 52.4 Å². The summed E-state index contributed by atoms with van der Waals surface area (Å²) in [6.07, 6.45) is 0.905. The summed E-state index contributed by atoms with van der Waals surface area (Å²) < 4.78 is 138. The monoisotopic (exact) mass is 1860 g/mol. The average molecular weight is 1870 g/mol. The summed E-state index contributed by atoms with van der Waals surface area (Å²) >= 11 is 3.13. The molecule has 3 fully saturated rings. The predicted octanol–water partition coefficient (Wildman–Crippen LogP) is 23.2. The number of ether oxygens (including phenoxy) is 4. The number of piperidine rings is 2. The minimum atomic E-state index is -4.61. The van der Waals surface area contributed by atoms with E-state index in [9.17, 15) is 79.4 Å². The zero-order valence-corrected chi connectivity index (χ0v) is 77.2. The molecule has 1 saturated carbocycles. The molecule has 694 valence electrons. The minimum absolute atomic E-state index is 0.0583. The van der Waals surface area contributed by atoms with E-state index in [0.717, 1.165) is 102 Å². The van der Waals surface area contributed by atoms with Crippen LogP contribution in [-0.2, 0) is 66.6 Å². The van der Waals surface area contributed by atoms with E-state index in [1.165, 1.54) is 83.0 Å². The number of esters is 2. The fraction of sp³-hybridized carbons (Fsp3) is 0.363. The fourth-order valence-electron chi connectivity index (χ4n) is 15.7. The number of alkyl halides is 6. The van der Waals surface area contributed by atoms with Crippen molar-refractivity contribution in [3.63, 3.8) is 0 Å². The van der Waals surface area contributed by atoms with Gasteiger partial charge in [0.15, 0.2) is 21.3 Å². The van der Waals surface area contributed by atoms with Gasteiger partial charge in [-0.25, -0.2) is 22.6 Å². The molecule has 3 unspecified atom stereocenters. The van der Waals surface area contributed by atoms with Crippen LogP contribution in [0.15, 0.2) is 221 Å². The number of nitriles is 3. The number of amides is 1. The van der Waals surface area contributed by atoms with Crippen molar-refractivity contribution in [2.24, 2.45) is 11.8 Å². The number of halogens is 7. The van der Waals surface area contributed by atoms with Crippen molar-refractivity contribution in [1.82, 2.24) is 9.88 Å². The van der Waals surface area contributed by atoms with Crippen molar-refractivity contribution in [2.75, 3.05) is 67.4 Å². The quantitative estimate of drug-likeness (QED) is 0.0246. The Bertz CT molecular complexity index is 5820. The average Bonchev–Trinajstić information content (AvgIpc) is 0.866. The number of carbonyl (C=O) groups is 3. The molecule has 4 heterocycles. The van der Waals surface area contributed by atoms with Crippen LogP contribution >= 0.6 is 23.5 Å². The summed E-state index contributed by atoms with van der Waals surface area (Å²) in [4.78, 5) is 56.5. The summed E-state index contributed by atoms with van der Waals surface area (Å²) in [6, 6.07) is 65.3. The van der Waals surface area contributed by atoms with E-state index in [1.54, 1.807) is 75.0 Å². The maximum atomic E-state index is 13.5. The number of nitrogens with zero attached hydrogens (tertiary/aromatic N) is 7. The van der Waals surface area contributed by atoms with Crippen molar-refractivity contribution in [1.29, 1.82) is 15.8 Å². The number of benzene rings is 9. The van der Waals surface area contributed by atoms with Gasteiger partial charge in [-0.05, 0) is 253 Å². The summed E-state index contributed by atoms with van der Waals surface area (Å²) in [5.74, 6) is 1.38. The molecule has 0 bridgehead atoms. The number of aryl methyl sites for hydroxylation is 5. The molecular formula is C102H108F7N9O11S3. The van der Waals surface area contributed by atoms with Crippen LogP contribution in [0.5, 0.6) is 11.5 Å². The number of anilines is 3. The Labute approximate surface area is 775 Å². The number of fused-ring (bicyclic) bond motifs is 1. The van der Waals surface area contributed by atoms with Crippen LogP contribution in [0, 0.1) is 82.5 Å². The number of nitro benzene ring substituents is 1. The van der Waals surface area contributed by atoms with Gasteiger partial charge in [-0.3, -0.25) is 24.6 Å². The van der Waals surface area contributed by atoms with Gasteiger partial charge in [-0.2, -0.15) is 42.1 Å². The molecule has 3 atom stereocenters. The molecule has 1 aromatic heterocycles. The number of nitrogens with one attached hydrogen (secondary N) is 1. The standard InChI is InChI=1S/C22H22N6.C21H28F3NO4.C21H18FNOS.C20H24O2S2.C18H16F3NO4/c1-15-5-7-16(8-6-15)11-17(12-23)20-18(13-24)21(26)27-22(19(20)14-25)28-9-3-2-4-10-28;1-20(2,3)29-18(26)11-15-7-10-17(21(22,23)24)25(13-15)12-14-5-8-16(9-6-14)19(27)28-4;22-19-8-4-5-16(13-19)14-25-15-21(24)23-20-11-9-18(10-12-20)17-6-2-1-3-7-17;1-15-7-8-19(13-16(15)2)23-18-9-11-20(12-10-18)24(21,22)14-17-5-3-4-6-17;19-18(20,21)14-6-5-13(15(11-14)22(23)24)4-2-12-3-7-16-17(10-12)26-9-1-8-25-16/h5-8,17H,2-4,9-11H2,1H3,(H2,26,27);5-6,8-9,15,17H,7,10-13H2,1-4H3;1-13H,14-15H2,(H,23,24);7-13,17H,3-6,14H2,1-2H3;3,5-7,10-11H,1-2,4,8-9H2. The molecule has 0 radical (unpaired) electrons. The third-order valence-corrected chi connectivity index (χ3v) is 26.5. The van der Waals surface area contributed by atoms with Crippen molar-refractivity contribution in [3.8, 4) is 40.8 Å². The number of methoxy groups -OCH3 is 1. The van der Waals surface area contributed by atoms with E-state index in [0.29, 0.717) is 106 Å². The number of hydrogen-bond donors (Lipinski definition) is 2. The van der Waals surface area contributed by atoms with Crippen LogP contribution in [0.25, 0.3) is 11.1 Å². The van der Waals surface area contributed by atoms with Gasteiger partial charge in [-0.15, -0.1) is 11.8 Å². The number of pyridine rings is 1. The van der Waals surface area contributed by atoms with Crippen molar-refractivity contribution in [2.45, 2.75) is 188 Å². The molecule has 1 aliphatic carbocycles. The van der Waals surface area contributed by atoms with Crippen molar-refractivity contribution < 1.29 is 77.4 Å². The smallest absolute Gasteiger partial charge is 0.416 e. The number of likely N-dealkylation sites (tertiary alicyclic amines) is 1. The molecule has 4 aliphatic rings. The summed E-state index contributed by atoms with van der Waals surface area (Å²) in [7, 11) is -1.89. The highest BCUT2D eigenvalue weighted by Crippen LogP contribution is 2.41. The zero-order valence-electron chi connectivity index (χ0n) is 74.8. The zero-order chi connectivity index (χ0) is 95.3. The second-order valence-corrected chi connectivity index (χ2v) is 38.0. The molecule has 14 rings (SSSR count). The molecule has 3 N–H and O–H groups in total. The highest BCUT2D eigenvalue weighted by atomic mass is 32.2. The lowest BCUT2D eigenvalue weighted by molar-refractivity contribution is -0.385. The largest absolute Gasteiger partial charge is 0.490 e. The lowest BCUT2D eigenvalue weighted by Gasteiger charge is -2.40. The molecule has 3 aliphatic heterocycles. The van der Waals surface area contributed by atoms with Crippen LogP contribution in [0.3, 0.4) is 0 Å². The normalized spacial score (nSPS) is 15.3. The molecule has 2 saturated heterocycles. The number of rotatable bonds is 24. The Hall–Kier alpha value is -12.3. The topological polar surface area (TPSA) is 294 Å². The van der Waals surface area contributed by atoms with Crippen LogP contribution in [0.1, 0.15) is 174 Å². The van der Waals surface area contributed by atoms with E-state index in [1.807, 2.05) is 103 Å². The number of carbonyl (C=O) groups excluding carboxylic acids is 3. The van der Waals surface area contributed by atoms with Crippen molar-refractivity contribution >= 4 is 74.2 Å². The lowest BCUT2D eigenvalue weighted by atomic mass is 9.87.